The summed E-state index contributed by atoms with van der Waals surface area (Å²) in [5.74, 6) is 0.251. The Balaban J connectivity index is 2.15. The second kappa shape index (κ2) is 5.89. The molecule has 2 N–H and O–H groups in total. The summed E-state index contributed by atoms with van der Waals surface area (Å²) in [5.41, 5.74) is 8.18. The summed E-state index contributed by atoms with van der Waals surface area (Å²) in [6.07, 6.45) is 1.83. The predicted molar refractivity (Wildman–Crippen MR) is 78.0 cm³/mol. The lowest BCUT2D eigenvalue weighted by Crippen LogP contribution is -2.11. The molecule has 0 atom stereocenters. The van der Waals surface area contributed by atoms with Gasteiger partial charge >= 0.3 is 0 Å². The number of nitrogens with two attached hydrogens (primary N) is 1. The van der Waals surface area contributed by atoms with Crippen LogP contribution in [0.15, 0.2) is 29.6 Å². The van der Waals surface area contributed by atoms with Gasteiger partial charge in [0.15, 0.2) is 0 Å². The van der Waals surface area contributed by atoms with E-state index < -0.39 is 5.91 Å². The van der Waals surface area contributed by atoms with Crippen molar-refractivity contribution in [3.05, 3.63) is 51.2 Å². The first kappa shape index (κ1) is 13.6. The van der Waals surface area contributed by atoms with Crippen LogP contribution in [-0.2, 0) is 12.8 Å². The van der Waals surface area contributed by atoms with Gasteiger partial charge in [-0.1, -0.05) is 0 Å². The average molecular weight is 275 g/mol. The monoisotopic (exact) mass is 275 g/mol. The van der Waals surface area contributed by atoms with E-state index in [9.17, 15) is 4.79 Å². The van der Waals surface area contributed by atoms with Crippen molar-refractivity contribution < 1.29 is 9.53 Å². The molecule has 3 nitrogen and oxygen atoms in total. The molecular formula is C15H17NO2S. The molecule has 1 aromatic carbocycles. The maximum absolute atomic E-state index is 11.3. The number of hydrogen-bond acceptors (Lipinski definition) is 3. The third kappa shape index (κ3) is 3.58. The Kier molecular flexibility index (Phi) is 4.22. The van der Waals surface area contributed by atoms with E-state index in [1.165, 1.54) is 10.4 Å². The molecule has 1 aromatic heterocycles. The predicted octanol–water partition coefficient (Wildman–Crippen LogP) is 2.95. The van der Waals surface area contributed by atoms with E-state index in [0.29, 0.717) is 11.3 Å². The Morgan fingerprint density at radius 2 is 2.05 bits per heavy atom. The Labute approximate surface area is 117 Å². The molecule has 0 aliphatic rings. The number of rotatable bonds is 5. The van der Waals surface area contributed by atoms with Crippen molar-refractivity contribution in [3.8, 4) is 5.75 Å². The number of aryl methyl sites for hydroxylation is 3. The highest BCUT2D eigenvalue weighted by Gasteiger charge is 2.06. The molecule has 19 heavy (non-hydrogen) atoms. The SMILES string of the molecule is COc1cc(CCc2cc(C)cs2)cc(C(N)=O)c1. The summed E-state index contributed by atoms with van der Waals surface area (Å²) in [5, 5.41) is 2.15. The van der Waals surface area contributed by atoms with Gasteiger partial charge < -0.3 is 10.5 Å². The van der Waals surface area contributed by atoms with Crippen LogP contribution in [-0.4, -0.2) is 13.0 Å². The lowest BCUT2D eigenvalue weighted by molar-refractivity contribution is 0.1000. The molecule has 0 bridgehead atoms. The molecule has 1 amide bonds. The Morgan fingerprint density at radius 1 is 1.26 bits per heavy atom. The first-order chi connectivity index (χ1) is 9.08. The molecular weight excluding hydrogens is 258 g/mol. The van der Waals surface area contributed by atoms with Gasteiger partial charge in [-0.25, -0.2) is 0 Å². The van der Waals surface area contributed by atoms with E-state index in [2.05, 4.69) is 18.4 Å². The fourth-order valence-electron chi connectivity index (χ4n) is 1.95. The van der Waals surface area contributed by atoms with Gasteiger partial charge in [0.1, 0.15) is 5.75 Å². The van der Waals surface area contributed by atoms with Crippen molar-refractivity contribution >= 4 is 17.2 Å². The molecule has 100 valence electrons. The fraction of sp³-hybridized carbons (Fsp3) is 0.267. The van der Waals surface area contributed by atoms with Gasteiger partial charge in [-0.05, 0) is 60.5 Å². The van der Waals surface area contributed by atoms with Gasteiger partial charge in [0.05, 0.1) is 7.11 Å². The first-order valence-electron chi connectivity index (χ1n) is 6.10. The van der Waals surface area contributed by atoms with E-state index in [1.54, 1.807) is 24.5 Å². The second-order valence-electron chi connectivity index (χ2n) is 4.52. The van der Waals surface area contributed by atoms with E-state index in [-0.39, 0.29) is 0 Å². The summed E-state index contributed by atoms with van der Waals surface area (Å²) >= 11 is 1.77. The van der Waals surface area contributed by atoms with Crippen molar-refractivity contribution in [1.29, 1.82) is 0 Å². The molecule has 1 heterocycles. The molecule has 0 radical (unpaired) electrons. The molecule has 2 rings (SSSR count). The van der Waals surface area contributed by atoms with Crippen LogP contribution in [0.25, 0.3) is 0 Å². The Morgan fingerprint density at radius 3 is 2.63 bits per heavy atom. The number of thiophene rings is 1. The maximum atomic E-state index is 11.3. The third-order valence-electron chi connectivity index (χ3n) is 2.93. The average Bonchev–Trinajstić information content (AvgIpc) is 2.81. The lowest BCUT2D eigenvalue weighted by Gasteiger charge is -2.07. The van der Waals surface area contributed by atoms with Crippen molar-refractivity contribution in [2.75, 3.05) is 7.11 Å². The Hall–Kier alpha value is -1.81. The van der Waals surface area contributed by atoms with E-state index in [0.717, 1.165) is 18.4 Å². The van der Waals surface area contributed by atoms with Crippen LogP contribution >= 0.6 is 11.3 Å². The highest BCUT2D eigenvalue weighted by molar-refractivity contribution is 7.10. The second-order valence-corrected chi connectivity index (χ2v) is 5.52. The van der Waals surface area contributed by atoms with Gasteiger partial charge in [-0.2, -0.15) is 0 Å². The van der Waals surface area contributed by atoms with Gasteiger partial charge in [0, 0.05) is 10.4 Å². The van der Waals surface area contributed by atoms with Crippen LogP contribution in [0, 0.1) is 6.92 Å². The van der Waals surface area contributed by atoms with Gasteiger partial charge in [-0.15, -0.1) is 11.3 Å². The summed E-state index contributed by atoms with van der Waals surface area (Å²) in [4.78, 5) is 12.6. The molecule has 0 saturated carbocycles. The summed E-state index contributed by atoms with van der Waals surface area (Å²) < 4.78 is 5.20. The highest BCUT2D eigenvalue weighted by atomic mass is 32.1. The minimum atomic E-state index is -0.424. The fourth-order valence-corrected chi connectivity index (χ4v) is 2.83. The summed E-state index contributed by atoms with van der Waals surface area (Å²) in [7, 11) is 1.59. The topological polar surface area (TPSA) is 52.3 Å². The van der Waals surface area contributed by atoms with Crippen LogP contribution in [0.2, 0.25) is 0 Å². The number of benzene rings is 1. The zero-order valence-electron chi connectivity index (χ0n) is 11.1. The molecule has 0 saturated heterocycles. The van der Waals surface area contributed by atoms with Gasteiger partial charge in [-0.3, -0.25) is 4.79 Å². The number of ether oxygens (including phenoxy) is 1. The maximum Gasteiger partial charge on any atom is 0.248 e. The van der Waals surface area contributed by atoms with Crippen LogP contribution in [0.5, 0.6) is 5.75 Å². The molecule has 2 aromatic rings. The number of amides is 1. The van der Waals surface area contributed by atoms with E-state index in [1.807, 2.05) is 12.1 Å². The van der Waals surface area contributed by atoms with E-state index in [4.69, 9.17) is 10.5 Å². The Bertz CT molecular complexity index is 590. The number of hydrogen-bond donors (Lipinski definition) is 1. The zero-order valence-corrected chi connectivity index (χ0v) is 11.9. The minimum Gasteiger partial charge on any atom is -0.497 e. The normalized spacial score (nSPS) is 10.4. The highest BCUT2D eigenvalue weighted by Crippen LogP contribution is 2.20. The number of methoxy groups -OCH3 is 1. The molecule has 0 aliphatic carbocycles. The van der Waals surface area contributed by atoms with Crippen LogP contribution < -0.4 is 10.5 Å². The standard InChI is InChI=1S/C15H17NO2S/c1-10-5-14(19-9-10)4-3-11-6-12(15(16)17)8-13(7-11)18-2/h5-9H,3-4H2,1-2H3,(H2,16,17). The number of carbonyl (C=O) groups is 1. The minimum absolute atomic E-state index is 0.424. The smallest absolute Gasteiger partial charge is 0.248 e. The molecule has 0 aliphatic heterocycles. The molecule has 0 spiro atoms. The third-order valence-corrected chi connectivity index (χ3v) is 4.05. The number of carbonyl (C=O) groups excluding carboxylic acids is 1. The van der Waals surface area contributed by atoms with E-state index >= 15 is 0 Å². The molecule has 4 heteroatoms. The van der Waals surface area contributed by atoms with Crippen molar-refractivity contribution in [2.45, 2.75) is 19.8 Å². The lowest BCUT2D eigenvalue weighted by atomic mass is 10.0. The van der Waals surface area contributed by atoms with Crippen LogP contribution in [0.1, 0.15) is 26.4 Å². The van der Waals surface area contributed by atoms with Gasteiger partial charge in [0.25, 0.3) is 0 Å². The quantitative estimate of drug-likeness (QED) is 0.912. The summed E-state index contributed by atoms with van der Waals surface area (Å²) in [6, 6.07) is 7.65. The van der Waals surface area contributed by atoms with Crippen LogP contribution in [0.3, 0.4) is 0 Å². The summed E-state index contributed by atoms with van der Waals surface area (Å²) in [6.45, 7) is 2.09. The van der Waals surface area contributed by atoms with Crippen molar-refractivity contribution in [3.63, 3.8) is 0 Å². The van der Waals surface area contributed by atoms with Crippen molar-refractivity contribution in [2.24, 2.45) is 5.73 Å². The molecule has 0 fully saturated rings. The first-order valence-corrected chi connectivity index (χ1v) is 6.98. The zero-order chi connectivity index (χ0) is 13.8. The van der Waals surface area contributed by atoms with Crippen LogP contribution in [0.4, 0.5) is 0 Å². The van der Waals surface area contributed by atoms with Crippen molar-refractivity contribution in [1.82, 2.24) is 0 Å². The molecule has 0 unspecified atom stereocenters. The largest absolute Gasteiger partial charge is 0.497 e. The number of primary amides is 1. The van der Waals surface area contributed by atoms with Gasteiger partial charge in [0.2, 0.25) is 5.91 Å².